The Morgan fingerprint density at radius 3 is 2.76 bits per heavy atom. The lowest BCUT2D eigenvalue weighted by molar-refractivity contribution is -0.753. The van der Waals surface area contributed by atoms with E-state index in [0.717, 1.165) is 16.6 Å². The molecule has 0 bridgehead atoms. The molecule has 3 aromatic heterocycles. The van der Waals surface area contributed by atoms with Gasteiger partial charge in [-0.3, -0.25) is 4.52 Å². The molecule has 146 valence electrons. The van der Waals surface area contributed by atoms with Gasteiger partial charge in [0.2, 0.25) is 5.27 Å². The smallest absolute Gasteiger partial charge is 0.324 e. The quantitative estimate of drug-likeness (QED) is 0.260. The molecule has 0 aliphatic carbocycles. The summed E-state index contributed by atoms with van der Waals surface area (Å²) in [6, 6.07) is 7.69. The van der Waals surface area contributed by atoms with Crippen molar-refractivity contribution >= 4 is 40.7 Å². The monoisotopic (exact) mass is 426 g/mol. The first-order valence-corrected chi connectivity index (χ1v) is 9.92. The second kappa shape index (κ2) is 8.60. The number of pyridine rings is 1. The highest BCUT2D eigenvalue weighted by atomic mass is 32.2. The molecule has 0 radical (unpaired) electrons. The second-order valence-corrected chi connectivity index (χ2v) is 7.64. The molecule has 0 amide bonds. The minimum absolute atomic E-state index is 0.00375. The van der Waals surface area contributed by atoms with Crippen molar-refractivity contribution in [1.29, 1.82) is 10.5 Å². The third-order valence-electron chi connectivity index (χ3n) is 3.60. The predicted molar refractivity (Wildman–Crippen MR) is 106 cm³/mol. The van der Waals surface area contributed by atoms with Crippen LogP contribution in [0.15, 0.2) is 38.3 Å². The average molecular weight is 426 g/mol. The zero-order valence-corrected chi connectivity index (χ0v) is 17.0. The van der Waals surface area contributed by atoms with E-state index in [1.54, 1.807) is 25.2 Å². The Bertz CT molecular complexity index is 1140. The number of anilines is 1. The maximum absolute atomic E-state index is 12.2. The molecule has 12 heteroatoms. The number of aromatic nitrogens is 3. The normalized spacial score (nSPS) is 11.1. The zero-order chi connectivity index (χ0) is 21.0. The van der Waals surface area contributed by atoms with Crippen molar-refractivity contribution in [3.63, 3.8) is 0 Å². The third-order valence-corrected chi connectivity index (χ3v) is 5.45. The lowest BCUT2D eigenvalue weighted by Crippen LogP contribution is -2.53. The zero-order valence-electron chi connectivity index (χ0n) is 15.4. The van der Waals surface area contributed by atoms with Crippen LogP contribution in [0.1, 0.15) is 11.1 Å². The molecule has 3 rings (SSSR count). The van der Waals surface area contributed by atoms with E-state index in [4.69, 9.17) is 10.3 Å². The van der Waals surface area contributed by atoms with E-state index < -0.39 is 5.90 Å². The lowest BCUT2D eigenvalue weighted by atomic mass is 10.0. The Kier molecular flexibility index (Phi) is 5.97. The molecule has 0 aliphatic heterocycles. The van der Waals surface area contributed by atoms with Gasteiger partial charge in [0.15, 0.2) is 0 Å². The molecular formula is C17H14N8O2S2. The molecule has 0 aliphatic rings. The summed E-state index contributed by atoms with van der Waals surface area (Å²) < 4.78 is 4.96. The first kappa shape index (κ1) is 20.1. The summed E-state index contributed by atoms with van der Waals surface area (Å²) in [6.45, 7) is 0. The number of nitrogens with two attached hydrogens (primary N) is 1. The number of aliphatic imine (C=N–C) groups is 1. The van der Waals surface area contributed by atoms with Gasteiger partial charge < -0.3 is 10.8 Å². The number of hydrogen-bond donors (Lipinski definition) is 1. The molecule has 0 saturated carbocycles. The molecule has 0 unspecified atom stereocenters. The van der Waals surface area contributed by atoms with E-state index in [2.05, 4.69) is 21.3 Å². The van der Waals surface area contributed by atoms with E-state index in [1.165, 1.54) is 22.3 Å². The summed E-state index contributed by atoms with van der Waals surface area (Å²) in [5.41, 5.74) is 6.69. The van der Waals surface area contributed by atoms with Crippen LogP contribution in [0.5, 0.6) is 0 Å². The molecule has 0 saturated heterocycles. The summed E-state index contributed by atoms with van der Waals surface area (Å²) >= 11 is 2.39. The number of thioether (sulfide) groups is 1. The Hall–Kier alpha value is -3.61. The van der Waals surface area contributed by atoms with Crippen molar-refractivity contribution in [3.05, 3.63) is 34.8 Å². The molecule has 0 spiro atoms. The van der Waals surface area contributed by atoms with Gasteiger partial charge in [0.1, 0.15) is 28.5 Å². The topological polar surface area (TPSA) is 155 Å². The first-order valence-electron chi connectivity index (χ1n) is 8.05. The Morgan fingerprint density at radius 1 is 1.41 bits per heavy atom. The summed E-state index contributed by atoms with van der Waals surface area (Å²) in [7, 11) is 3.50. The van der Waals surface area contributed by atoms with Gasteiger partial charge in [-0.1, -0.05) is 17.8 Å². The van der Waals surface area contributed by atoms with Crippen LogP contribution in [0.3, 0.4) is 0 Å². The van der Waals surface area contributed by atoms with Crippen molar-refractivity contribution in [1.82, 2.24) is 10.3 Å². The number of nitriles is 2. The van der Waals surface area contributed by atoms with E-state index in [-0.39, 0.29) is 33.6 Å². The van der Waals surface area contributed by atoms with Gasteiger partial charge >= 0.3 is 5.88 Å². The van der Waals surface area contributed by atoms with Gasteiger partial charge in [0.25, 0.3) is 6.20 Å². The van der Waals surface area contributed by atoms with Gasteiger partial charge in [-0.15, -0.1) is 11.3 Å². The van der Waals surface area contributed by atoms with Gasteiger partial charge in [0.05, 0.1) is 24.4 Å². The maximum atomic E-state index is 12.2. The fraction of sp³-hybridized carbons (Fsp3) is 0.176. The van der Waals surface area contributed by atoms with Crippen molar-refractivity contribution < 1.29 is 14.4 Å². The van der Waals surface area contributed by atoms with Gasteiger partial charge in [-0.25, -0.2) is 9.98 Å². The van der Waals surface area contributed by atoms with Crippen molar-refractivity contribution in [3.8, 4) is 22.6 Å². The fourth-order valence-electron chi connectivity index (χ4n) is 2.32. The number of rotatable bonds is 6. The highest BCUT2D eigenvalue weighted by Crippen LogP contribution is 2.37. The van der Waals surface area contributed by atoms with Crippen LogP contribution in [-0.2, 0) is 0 Å². The van der Waals surface area contributed by atoms with Crippen molar-refractivity contribution in [2.75, 3.05) is 30.6 Å². The molecule has 2 N–H and O–H groups in total. The molecule has 0 atom stereocenters. The highest BCUT2D eigenvalue weighted by Gasteiger charge is 2.21. The Labute approximate surface area is 174 Å². The molecular weight excluding hydrogens is 412 g/mol. The molecule has 3 heterocycles. The number of nitrogen functional groups attached to an aromatic ring is 1. The minimum atomic E-state index is -0.497. The van der Waals surface area contributed by atoms with Crippen molar-refractivity contribution in [2.24, 2.45) is 4.99 Å². The van der Waals surface area contributed by atoms with Crippen LogP contribution in [-0.4, -0.2) is 36.0 Å². The molecule has 29 heavy (non-hydrogen) atoms. The largest absolute Gasteiger partial charge is 0.861 e. The van der Waals surface area contributed by atoms with Crippen LogP contribution >= 0.6 is 23.1 Å². The summed E-state index contributed by atoms with van der Waals surface area (Å²) in [6.07, 6.45) is 1.45. The van der Waals surface area contributed by atoms with Gasteiger partial charge in [0, 0.05) is 16.2 Å². The number of thiophene rings is 1. The third kappa shape index (κ3) is 4.29. The van der Waals surface area contributed by atoms with Crippen LogP contribution < -0.4 is 20.6 Å². The minimum Gasteiger partial charge on any atom is -0.861 e. The molecule has 0 fully saturated rings. The molecule has 10 nitrogen and oxygen atoms in total. The van der Waals surface area contributed by atoms with Gasteiger partial charge in [-0.2, -0.15) is 15.5 Å². The predicted octanol–water partition coefficient (Wildman–Crippen LogP) is 0.791. The standard InChI is InChI=1S/C17H14N8O2S2/c1-24(2)25-8-14(27-23-25)21-13(26)9-29-17-11(7-19)15(12-4-3-5-28-12)10(6-18)16(20)22-17/h3-5,8H,9H2,1-2H3,(H2-,20,21,22,23,26). The van der Waals surface area contributed by atoms with Crippen LogP contribution in [0.2, 0.25) is 0 Å². The van der Waals surface area contributed by atoms with E-state index >= 15 is 0 Å². The van der Waals surface area contributed by atoms with Crippen LogP contribution in [0.25, 0.3) is 10.4 Å². The first-order chi connectivity index (χ1) is 13.9. The SMILES string of the molecule is CN(C)[n+]1cc(/N=C(/[O-])CSc2nc(N)c(C#N)c(-c3cccs3)c2C#N)on1. The molecule has 3 aromatic rings. The summed E-state index contributed by atoms with van der Waals surface area (Å²) in [5.74, 6) is -0.539. The second-order valence-electron chi connectivity index (χ2n) is 5.73. The lowest BCUT2D eigenvalue weighted by Gasteiger charge is -2.13. The Balaban J connectivity index is 1.90. The fourth-order valence-corrected chi connectivity index (χ4v) is 3.88. The van der Waals surface area contributed by atoms with E-state index in [0.29, 0.717) is 5.56 Å². The number of nitrogens with zero attached hydrogens (tertiary/aromatic N) is 7. The summed E-state index contributed by atoms with van der Waals surface area (Å²) in [5, 5.41) is 38.8. The Morgan fingerprint density at radius 2 is 2.17 bits per heavy atom. The van der Waals surface area contributed by atoms with Gasteiger partial charge in [-0.05, 0) is 17.3 Å². The van der Waals surface area contributed by atoms with E-state index in [9.17, 15) is 15.6 Å². The van der Waals surface area contributed by atoms with Crippen LogP contribution in [0, 0.1) is 22.7 Å². The highest BCUT2D eigenvalue weighted by molar-refractivity contribution is 8.00. The summed E-state index contributed by atoms with van der Waals surface area (Å²) in [4.78, 5) is 10.1. The molecule has 0 aromatic carbocycles. The van der Waals surface area contributed by atoms with E-state index in [1.807, 2.05) is 17.5 Å². The number of hydrogen-bond acceptors (Lipinski definition) is 11. The average Bonchev–Trinajstić information content (AvgIpc) is 3.37. The van der Waals surface area contributed by atoms with Crippen molar-refractivity contribution in [2.45, 2.75) is 5.03 Å². The van der Waals surface area contributed by atoms with Crippen LogP contribution in [0.4, 0.5) is 11.7 Å². The maximum Gasteiger partial charge on any atom is 0.324 e.